The first-order valence-corrected chi connectivity index (χ1v) is 13.3. The van der Waals surface area contributed by atoms with E-state index < -0.39 is 5.54 Å². The van der Waals surface area contributed by atoms with E-state index in [9.17, 15) is 4.79 Å². The van der Waals surface area contributed by atoms with Crippen LogP contribution >= 0.6 is 11.3 Å². The van der Waals surface area contributed by atoms with Crippen molar-refractivity contribution in [2.75, 3.05) is 13.3 Å². The number of thiazole rings is 1. The maximum Gasteiger partial charge on any atom is 0.256 e. The van der Waals surface area contributed by atoms with Crippen molar-refractivity contribution in [1.29, 1.82) is 0 Å². The number of nitrogens with two attached hydrogens (primary N) is 1. The third-order valence-corrected chi connectivity index (χ3v) is 7.56. The minimum absolute atomic E-state index is 0.163. The molecule has 39 heavy (non-hydrogen) atoms. The van der Waals surface area contributed by atoms with Crippen LogP contribution in [0.15, 0.2) is 75.2 Å². The van der Waals surface area contributed by atoms with Crippen molar-refractivity contribution in [1.82, 2.24) is 25.1 Å². The van der Waals surface area contributed by atoms with Crippen molar-refractivity contribution in [2.45, 2.75) is 31.8 Å². The van der Waals surface area contributed by atoms with Gasteiger partial charge in [-0.1, -0.05) is 30.3 Å². The third-order valence-electron chi connectivity index (χ3n) is 6.50. The number of carbonyl (C=O) groups excluding carboxylic acids is 1. The first-order valence-electron chi connectivity index (χ1n) is 12.4. The summed E-state index contributed by atoms with van der Waals surface area (Å²) in [7, 11) is 0. The van der Waals surface area contributed by atoms with Gasteiger partial charge in [0, 0.05) is 27.8 Å². The number of hydrogen-bond acceptors (Lipinski definition) is 10. The van der Waals surface area contributed by atoms with Crippen LogP contribution in [0.1, 0.15) is 45.5 Å². The summed E-state index contributed by atoms with van der Waals surface area (Å²) < 4.78 is 17.3. The highest BCUT2D eigenvalue weighted by Crippen LogP contribution is 2.33. The van der Waals surface area contributed by atoms with Gasteiger partial charge in [-0.3, -0.25) is 4.79 Å². The molecule has 1 aliphatic rings. The van der Waals surface area contributed by atoms with Gasteiger partial charge in [0.25, 0.3) is 5.91 Å². The SMILES string of the molecule is Cc1csc(C2COCN2C(=O)c2cc(-c3ncco3)cc(-c3nnc(C(C)(N)Cc4ccccc4)o3)c2)n1. The number of hydrogen-bond donors (Lipinski definition) is 1. The summed E-state index contributed by atoms with van der Waals surface area (Å²) in [5.74, 6) is 0.681. The van der Waals surface area contributed by atoms with E-state index in [1.165, 1.54) is 17.6 Å². The highest BCUT2D eigenvalue weighted by Gasteiger charge is 2.34. The Balaban J connectivity index is 1.35. The molecule has 198 valence electrons. The van der Waals surface area contributed by atoms with Gasteiger partial charge in [-0.2, -0.15) is 0 Å². The Morgan fingerprint density at radius 2 is 1.95 bits per heavy atom. The molecule has 0 saturated carbocycles. The molecule has 5 aromatic rings. The molecule has 2 aromatic carbocycles. The molecule has 0 bridgehead atoms. The Hall–Kier alpha value is -4.19. The van der Waals surface area contributed by atoms with Crippen LogP contribution in [0.5, 0.6) is 0 Å². The first kappa shape index (κ1) is 25.1. The summed E-state index contributed by atoms with van der Waals surface area (Å²) in [5, 5.41) is 11.3. The van der Waals surface area contributed by atoms with Gasteiger partial charge >= 0.3 is 0 Å². The molecule has 1 aliphatic heterocycles. The Morgan fingerprint density at radius 1 is 1.15 bits per heavy atom. The molecule has 0 radical (unpaired) electrons. The van der Waals surface area contributed by atoms with Crippen LogP contribution in [0.2, 0.25) is 0 Å². The molecule has 0 aliphatic carbocycles. The van der Waals surface area contributed by atoms with E-state index in [1.807, 2.05) is 49.6 Å². The maximum absolute atomic E-state index is 13.8. The maximum atomic E-state index is 13.8. The largest absolute Gasteiger partial charge is 0.445 e. The number of ether oxygens (including phenoxy) is 1. The van der Waals surface area contributed by atoms with Gasteiger partial charge in [0.15, 0.2) is 0 Å². The molecule has 2 unspecified atom stereocenters. The predicted molar refractivity (Wildman–Crippen MR) is 143 cm³/mol. The average Bonchev–Trinajstić information content (AvgIpc) is 3.74. The van der Waals surface area contributed by atoms with Gasteiger partial charge in [-0.05, 0) is 44.0 Å². The molecular weight excluding hydrogens is 516 g/mol. The number of oxazole rings is 1. The van der Waals surface area contributed by atoms with Gasteiger partial charge in [0.05, 0.1) is 18.3 Å². The van der Waals surface area contributed by atoms with Crippen molar-refractivity contribution < 1.29 is 18.4 Å². The van der Waals surface area contributed by atoms with Gasteiger partial charge in [-0.15, -0.1) is 21.5 Å². The molecule has 1 fully saturated rings. The topological polar surface area (TPSA) is 133 Å². The molecule has 1 saturated heterocycles. The lowest BCUT2D eigenvalue weighted by Crippen LogP contribution is -2.35. The number of amides is 1. The standard InChI is InChI=1S/C28H26N6O4S/c1-17-15-39-25(31-17)22-14-36-16-34(22)26(35)21-11-19(23-30-8-9-37-23)10-20(12-21)24-32-33-27(38-24)28(2,29)13-18-6-4-3-5-7-18/h3-12,15,22H,13-14,16,29H2,1-2H3. The van der Waals surface area contributed by atoms with E-state index in [1.54, 1.807) is 29.3 Å². The Kier molecular flexibility index (Phi) is 6.55. The summed E-state index contributed by atoms with van der Waals surface area (Å²) in [4.78, 5) is 24.3. The smallest absolute Gasteiger partial charge is 0.256 e. The second kappa shape index (κ2) is 10.2. The number of carbonyl (C=O) groups is 1. The van der Waals surface area contributed by atoms with Crippen LogP contribution in [0.25, 0.3) is 22.9 Å². The summed E-state index contributed by atoms with van der Waals surface area (Å²) in [6.07, 6.45) is 3.54. The second-order valence-corrected chi connectivity index (χ2v) is 10.6. The summed E-state index contributed by atoms with van der Waals surface area (Å²) in [6, 6.07) is 14.9. The van der Waals surface area contributed by atoms with E-state index in [0.717, 1.165) is 16.3 Å². The van der Waals surface area contributed by atoms with Crippen LogP contribution in [0.3, 0.4) is 0 Å². The van der Waals surface area contributed by atoms with Crippen molar-refractivity contribution in [3.05, 3.63) is 94.1 Å². The highest BCUT2D eigenvalue weighted by atomic mass is 32.1. The molecule has 2 atom stereocenters. The van der Waals surface area contributed by atoms with Crippen molar-refractivity contribution >= 4 is 17.2 Å². The molecular formula is C28H26N6O4S. The fraction of sp³-hybridized carbons (Fsp3) is 0.250. The zero-order chi connectivity index (χ0) is 27.0. The van der Waals surface area contributed by atoms with Crippen LogP contribution in [-0.2, 0) is 16.7 Å². The summed E-state index contributed by atoms with van der Waals surface area (Å²) in [5.41, 5.74) is 9.23. The number of aromatic nitrogens is 4. The van der Waals surface area contributed by atoms with Crippen molar-refractivity contribution in [3.63, 3.8) is 0 Å². The Bertz CT molecular complexity index is 1600. The third kappa shape index (κ3) is 5.11. The van der Waals surface area contributed by atoms with E-state index >= 15 is 0 Å². The minimum atomic E-state index is -0.891. The van der Waals surface area contributed by atoms with Gasteiger partial charge in [0.2, 0.25) is 17.7 Å². The average molecular weight is 543 g/mol. The van der Waals surface area contributed by atoms with E-state index in [4.69, 9.17) is 19.3 Å². The van der Waals surface area contributed by atoms with Gasteiger partial charge < -0.3 is 24.2 Å². The van der Waals surface area contributed by atoms with Crippen LogP contribution in [0, 0.1) is 6.92 Å². The quantitative estimate of drug-likeness (QED) is 0.309. The molecule has 0 spiro atoms. The zero-order valence-electron chi connectivity index (χ0n) is 21.4. The molecule has 3 aromatic heterocycles. The fourth-order valence-electron chi connectivity index (χ4n) is 4.57. The normalized spacial score (nSPS) is 16.9. The summed E-state index contributed by atoms with van der Waals surface area (Å²) in [6.45, 7) is 4.33. The predicted octanol–water partition coefficient (Wildman–Crippen LogP) is 4.74. The molecule has 10 nitrogen and oxygen atoms in total. The highest BCUT2D eigenvalue weighted by molar-refractivity contribution is 7.09. The summed E-state index contributed by atoms with van der Waals surface area (Å²) >= 11 is 1.51. The van der Waals surface area contributed by atoms with Crippen molar-refractivity contribution in [2.24, 2.45) is 5.73 Å². The van der Waals surface area contributed by atoms with Crippen LogP contribution < -0.4 is 5.73 Å². The Morgan fingerprint density at radius 3 is 2.67 bits per heavy atom. The lowest BCUT2D eigenvalue weighted by atomic mass is 9.94. The van der Waals surface area contributed by atoms with Gasteiger partial charge in [-0.25, -0.2) is 9.97 Å². The van der Waals surface area contributed by atoms with E-state index in [0.29, 0.717) is 41.5 Å². The zero-order valence-corrected chi connectivity index (χ0v) is 22.2. The molecule has 2 N–H and O–H groups in total. The van der Waals surface area contributed by atoms with E-state index in [-0.39, 0.29) is 24.6 Å². The number of benzene rings is 2. The van der Waals surface area contributed by atoms with Crippen LogP contribution in [0.4, 0.5) is 0 Å². The van der Waals surface area contributed by atoms with Crippen molar-refractivity contribution in [3.8, 4) is 22.9 Å². The minimum Gasteiger partial charge on any atom is -0.445 e. The Labute approximate surface area is 228 Å². The lowest BCUT2D eigenvalue weighted by molar-refractivity contribution is 0.0659. The molecule has 4 heterocycles. The molecule has 11 heteroatoms. The fourth-order valence-corrected chi connectivity index (χ4v) is 5.46. The number of aryl methyl sites for hydroxylation is 1. The monoisotopic (exact) mass is 542 g/mol. The van der Waals surface area contributed by atoms with E-state index in [2.05, 4.69) is 20.2 Å². The lowest BCUT2D eigenvalue weighted by Gasteiger charge is -2.21. The van der Waals surface area contributed by atoms with Gasteiger partial charge in [0.1, 0.15) is 24.0 Å². The molecule has 1 amide bonds. The first-order chi connectivity index (χ1) is 18.9. The molecule has 6 rings (SSSR count). The second-order valence-electron chi connectivity index (χ2n) is 9.75. The van der Waals surface area contributed by atoms with Crippen LogP contribution in [-0.4, -0.2) is 44.3 Å². The number of rotatable bonds is 7. The number of nitrogens with zero attached hydrogens (tertiary/aromatic N) is 5.